The topological polar surface area (TPSA) is 77.2 Å². The molecule has 0 spiro atoms. The lowest BCUT2D eigenvalue weighted by Gasteiger charge is -2.26. The lowest BCUT2D eigenvalue weighted by atomic mass is 9.88. The second-order valence-corrected chi connectivity index (χ2v) is 9.11. The van der Waals surface area contributed by atoms with Gasteiger partial charge in [0.15, 0.2) is 0 Å². The minimum Gasteiger partial charge on any atom is -0.378 e. The van der Waals surface area contributed by atoms with Crippen molar-refractivity contribution in [3.05, 3.63) is 95.4 Å². The van der Waals surface area contributed by atoms with Crippen molar-refractivity contribution in [2.45, 2.75) is 18.3 Å². The number of para-hydroxylation sites is 1. The number of carbonyl (C=O) groups excluding carboxylic acids is 2. The predicted molar refractivity (Wildman–Crippen MR) is 136 cm³/mol. The largest absolute Gasteiger partial charge is 0.378 e. The molecule has 2 amide bonds. The lowest BCUT2D eigenvalue weighted by Crippen LogP contribution is -2.37. The zero-order valence-electron chi connectivity index (χ0n) is 19.6. The number of rotatable bonds is 6. The Morgan fingerprint density at radius 1 is 1.11 bits per heavy atom. The molecular weight excluding hydrogens is 443 g/mol. The first-order valence-corrected chi connectivity index (χ1v) is 11.6. The summed E-state index contributed by atoms with van der Waals surface area (Å²) in [6.07, 6.45) is 2.02. The molecule has 0 fully saturated rings. The Balaban J connectivity index is 1.44. The van der Waals surface area contributed by atoms with E-state index < -0.39 is 11.7 Å². The van der Waals surface area contributed by atoms with Gasteiger partial charge in [-0.25, -0.2) is 4.39 Å². The minimum absolute atomic E-state index is 0.0275. The maximum atomic E-state index is 13.7. The monoisotopic (exact) mass is 470 g/mol. The molecular formula is C28H27FN4O2. The Hall–Kier alpha value is -4.13. The third-order valence-electron chi connectivity index (χ3n) is 6.66. The molecule has 6 nitrogen and oxygen atoms in total. The number of hydrogen-bond donors (Lipinski definition) is 3. The number of benzene rings is 3. The molecule has 1 aliphatic rings. The molecule has 7 heteroatoms. The molecule has 0 saturated heterocycles. The Labute approximate surface area is 203 Å². The van der Waals surface area contributed by atoms with Gasteiger partial charge in [0.2, 0.25) is 11.8 Å². The van der Waals surface area contributed by atoms with Crippen molar-refractivity contribution in [1.82, 2.24) is 10.3 Å². The number of nitrogens with zero attached hydrogens (tertiary/aromatic N) is 1. The normalized spacial score (nSPS) is 15.9. The summed E-state index contributed by atoms with van der Waals surface area (Å²) in [6.45, 7) is 0.358. The first-order valence-electron chi connectivity index (χ1n) is 11.6. The third-order valence-corrected chi connectivity index (χ3v) is 6.66. The molecule has 1 aliphatic heterocycles. The summed E-state index contributed by atoms with van der Waals surface area (Å²) in [5.74, 6) is -1.76. The van der Waals surface area contributed by atoms with Crippen LogP contribution in [0.4, 0.5) is 15.8 Å². The molecule has 4 aromatic rings. The predicted octanol–water partition coefficient (Wildman–Crippen LogP) is 4.75. The summed E-state index contributed by atoms with van der Waals surface area (Å²) >= 11 is 0. The number of fused-ring (bicyclic) bond motifs is 2. The van der Waals surface area contributed by atoms with E-state index in [2.05, 4.69) is 45.9 Å². The molecule has 3 aromatic carbocycles. The van der Waals surface area contributed by atoms with Crippen molar-refractivity contribution in [3.8, 4) is 0 Å². The average molecular weight is 471 g/mol. The van der Waals surface area contributed by atoms with Gasteiger partial charge in [0, 0.05) is 61.5 Å². The third kappa shape index (κ3) is 4.49. The number of amides is 2. The van der Waals surface area contributed by atoms with E-state index in [0.29, 0.717) is 17.8 Å². The summed E-state index contributed by atoms with van der Waals surface area (Å²) in [5.41, 5.74) is 5.26. The van der Waals surface area contributed by atoms with E-state index in [-0.39, 0.29) is 24.2 Å². The fourth-order valence-electron chi connectivity index (χ4n) is 4.79. The molecule has 2 heterocycles. The SMILES string of the molecule is CN(C)c1ccc([C@H](CNC(=O)[C@@H]2CC(=O)Nc3cc(F)ccc32)c2c[nH]c3ccccc23)cc1. The summed E-state index contributed by atoms with van der Waals surface area (Å²) in [6, 6.07) is 20.5. The van der Waals surface area contributed by atoms with Crippen LogP contribution in [-0.2, 0) is 9.59 Å². The quantitative estimate of drug-likeness (QED) is 0.381. The van der Waals surface area contributed by atoms with Crippen LogP contribution in [0.2, 0.25) is 0 Å². The second kappa shape index (κ2) is 9.25. The van der Waals surface area contributed by atoms with Crippen LogP contribution in [0, 0.1) is 5.82 Å². The van der Waals surface area contributed by atoms with Crippen molar-refractivity contribution in [2.24, 2.45) is 0 Å². The number of hydrogen-bond acceptors (Lipinski definition) is 3. The fourth-order valence-corrected chi connectivity index (χ4v) is 4.79. The number of H-pyrrole nitrogens is 1. The molecule has 35 heavy (non-hydrogen) atoms. The van der Waals surface area contributed by atoms with Crippen molar-refractivity contribution < 1.29 is 14.0 Å². The Kier molecular flexibility index (Phi) is 5.99. The van der Waals surface area contributed by atoms with Gasteiger partial charge in [-0.3, -0.25) is 9.59 Å². The van der Waals surface area contributed by atoms with Crippen LogP contribution in [0.1, 0.15) is 34.9 Å². The smallest absolute Gasteiger partial charge is 0.228 e. The Bertz CT molecular complexity index is 1390. The summed E-state index contributed by atoms with van der Waals surface area (Å²) in [4.78, 5) is 30.9. The van der Waals surface area contributed by atoms with Gasteiger partial charge >= 0.3 is 0 Å². The molecule has 5 rings (SSSR count). The molecule has 0 aliphatic carbocycles. The molecule has 2 atom stereocenters. The molecule has 0 saturated carbocycles. The van der Waals surface area contributed by atoms with E-state index >= 15 is 0 Å². The summed E-state index contributed by atoms with van der Waals surface area (Å²) < 4.78 is 13.7. The average Bonchev–Trinajstić information content (AvgIpc) is 3.27. The fraction of sp³-hybridized carbons (Fsp3) is 0.214. The minimum atomic E-state index is -0.668. The van der Waals surface area contributed by atoms with Gasteiger partial charge in [0.1, 0.15) is 5.82 Å². The van der Waals surface area contributed by atoms with Gasteiger partial charge < -0.3 is 20.5 Å². The van der Waals surface area contributed by atoms with Crippen LogP contribution in [-0.4, -0.2) is 37.4 Å². The summed E-state index contributed by atoms with van der Waals surface area (Å²) in [5, 5.41) is 6.84. The van der Waals surface area contributed by atoms with Gasteiger partial charge in [-0.1, -0.05) is 36.4 Å². The lowest BCUT2D eigenvalue weighted by molar-refractivity contribution is -0.126. The maximum Gasteiger partial charge on any atom is 0.228 e. The maximum absolute atomic E-state index is 13.7. The van der Waals surface area contributed by atoms with E-state index in [1.165, 1.54) is 12.1 Å². The van der Waals surface area contributed by atoms with E-state index in [0.717, 1.165) is 27.7 Å². The number of aromatic nitrogens is 1. The molecule has 0 radical (unpaired) electrons. The van der Waals surface area contributed by atoms with Crippen LogP contribution in [0.5, 0.6) is 0 Å². The van der Waals surface area contributed by atoms with E-state index in [9.17, 15) is 14.0 Å². The highest BCUT2D eigenvalue weighted by atomic mass is 19.1. The van der Waals surface area contributed by atoms with Crippen molar-refractivity contribution in [3.63, 3.8) is 0 Å². The zero-order chi connectivity index (χ0) is 24.5. The molecule has 1 aromatic heterocycles. The Morgan fingerprint density at radius 3 is 2.66 bits per heavy atom. The molecule has 3 N–H and O–H groups in total. The van der Waals surface area contributed by atoms with Gasteiger partial charge in [0.05, 0.1) is 5.92 Å². The van der Waals surface area contributed by atoms with Crippen LogP contribution in [0.15, 0.2) is 72.9 Å². The van der Waals surface area contributed by atoms with Crippen LogP contribution in [0.3, 0.4) is 0 Å². The van der Waals surface area contributed by atoms with Crippen LogP contribution >= 0.6 is 0 Å². The first-order chi connectivity index (χ1) is 16.9. The van der Waals surface area contributed by atoms with E-state index in [4.69, 9.17) is 0 Å². The Morgan fingerprint density at radius 2 is 1.89 bits per heavy atom. The van der Waals surface area contributed by atoms with Crippen LogP contribution in [0.25, 0.3) is 10.9 Å². The van der Waals surface area contributed by atoms with Gasteiger partial charge in [-0.2, -0.15) is 0 Å². The molecule has 178 valence electrons. The highest BCUT2D eigenvalue weighted by Gasteiger charge is 2.31. The summed E-state index contributed by atoms with van der Waals surface area (Å²) in [7, 11) is 3.99. The first kappa shape index (κ1) is 22.7. The second-order valence-electron chi connectivity index (χ2n) is 9.11. The zero-order valence-corrected chi connectivity index (χ0v) is 19.6. The van der Waals surface area contributed by atoms with E-state index in [1.807, 2.05) is 43.4 Å². The number of carbonyl (C=O) groups is 2. The number of anilines is 2. The van der Waals surface area contributed by atoms with Crippen molar-refractivity contribution >= 4 is 34.1 Å². The van der Waals surface area contributed by atoms with Gasteiger partial charge in [0.25, 0.3) is 0 Å². The van der Waals surface area contributed by atoms with Crippen LogP contribution < -0.4 is 15.5 Å². The molecule has 0 unspecified atom stereocenters. The van der Waals surface area contributed by atoms with Crippen molar-refractivity contribution in [1.29, 1.82) is 0 Å². The number of nitrogens with one attached hydrogen (secondary N) is 3. The standard InChI is InChI=1S/C28H27FN4O2/c1-33(2)19-10-7-17(8-11-19)23(24-16-30-25-6-4-3-5-20(24)25)15-31-28(35)22-14-27(34)32-26-13-18(29)9-12-21(22)26/h3-13,16,22-23,30H,14-15H2,1-2H3,(H,31,35)(H,32,34)/t22-,23+/m1/s1. The van der Waals surface area contributed by atoms with Gasteiger partial charge in [-0.05, 0) is 47.0 Å². The number of aromatic amines is 1. The van der Waals surface area contributed by atoms with E-state index in [1.54, 1.807) is 6.07 Å². The number of halogens is 1. The molecule has 0 bridgehead atoms. The highest BCUT2D eigenvalue weighted by Crippen LogP contribution is 2.34. The highest BCUT2D eigenvalue weighted by molar-refractivity contribution is 6.01. The van der Waals surface area contributed by atoms with Crippen molar-refractivity contribution in [2.75, 3.05) is 30.9 Å². The van der Waals surface area contributed by atoms with Gasteiger partial charge in [-0.15, -0.1) is 0 Å².